The summed E-state index contributed by atoms with van der Waals surface area (Å²) in [7, 11) is 0. The maximum Gasteiger partial charge on any atom is 0.434 e. The lowest BCUT2D eigenvalue weighted by atomic mass is 10.1. The van der Waals surface area contributed by atoms with Gasteiger partial charge in [-0.05, 0) is 24.0 Å². The summed E-state index contributed by atoms with van der Waals surface area (Å²) in [6.45, 7) is 8.24. The highest BCUT2D eigenvalue weighted by Gasteiger charge is 2.42. The summed E-state index contributed by atoms with van der Waals surface area (Å²) in [6.07, 6.45) is -3.89. The number of alkyl halides is 3. The molecule has 0 atom stereocenters. The van der Waals surface area contributed by atoms with Crippen molar-refractivity contribution in [3.05, 3.63) is 46.0 Å². The molecule has 0 aliphatic carbocycles. The largest absolute Gasteiger partial charge is 0.434 e. The normalized spacial score (nSPS) is 12.1. The number of hydrogen-bond donors (Lipinski definition) is 0. The van der Waals surface area contributed by atoms with Gasteiger partial charge in [-0.1, -0.05) is 57.0 Å². The lowest BCUT2D eigenvalue weighted by Crippen LogP contribution is -2.38. The Morgan fingerprint density at radius 1 is 1.11 bits per heavy atom. The van der Waals surface area contributed by atoms with Crippen LogP contribution in [-0.4, -0.2) is 33.4 Å². The summed E-state index contributed by atoms with van der Waals surface area (Å²) in [5, 5.41) is 0.0474. The van der Waals surface area contributed by atoms with Crippen LogP contribution < -0.4 is 0 Å². The van der Waals surface area contributed by atoms with Crippen molar-refractivity contribution in [1.29, 1.82) is 0 Å². The van der Waals surface area contributed by atoms with Crippen LogP contribution in [0.3, 0.4) is 0 Å². The van der Waals surface area contributed by atoms with Gasteiger partial charge in [-0.25, -0.2) is 4.98 Å². The number of imidazole rings is 1. The van der Waals surface area contributed by atoms with Gasteiger partial charge in [0.05, 0.1) is 15.7 Å². The van der Waals surface area contributed by atoms with Gasteiger partial charge >= 0.3 is 6.18 Å². The lowest BCUT2D eigenvalue weighted by Gasteiger charge is -2.26. The van der Waals surface area contributed by atoms with Crippen molar-refractivity contribution < 1.29 is 18.0 Å². The lowest BCUT2D eigenvalue weighted by molar-refractivity contribution is -0.142. The second-order valence-electron chi connectivity index (χ2n) is 7.38. The molecule has 1 aromatic heterocycles. The van der Waals surface area contributed by atoms with Crippen LogP contribution in [-0.2, 0) is 6.18 Å². The zero-order chi connectivity index (χ0) is 21.2. The van der Waals surface area contributed by atoms with Crippen LogP contribution in [0.25, 0.3) is 5.69 Å². The molecule has 0 radical (unpaired) electrons. The van der Waals surface area contributed by atoms with Gasteiger partial charge in [0.15, 0.2) is 11.4 Å². The SMILES string of the molecule is CC(C)CN(CC(C)C)C(=O)c1ncn(-c2c(Cl)cccc2Cl)c1C(F)(F)F. The molecule has 0 saturated heterocycles. The van der Waals surface area contributed by atoms with E-state index >= 15 is 0 Å². The molecule has 154 valence electrons. The molecular formula is C19H22Cl2F3N3O. The predicted octanol–water partition coefficient (Wildman–Crippen LogP) is 5.95. The Morgan fingerprint density at radius 2 is 1.61 bits per heavy atom. The first kappa shape index (κ1) is 22.6. The summed E-state index contributed by atoms with van der Waals surface area (Å²) < 4.78 is 42.5. The average Bonchev–Trinajstić information content (AvgIpc) is 2.97. The molecule has 0 fully saturated rings. The number of nitrogens with zero attached hydrogens (tertiary/aromatic N) is 3. The Kier molecular flexibility index (Phi) is 7.04. The molecule has 28 heavy (non-hydrogen) atoms. The Balaban J connectivity index is 2.62. The van der Waals surface area contributed by atoms with Gasteiger partial charge in [0.1, 0.15) is 6.33 Å². The summed E-state index contributed by atoms with van der Waals surface area (Å²) in [5.74, 6) is -0.578. The Morgan fingerprint density at radius 3 is 2.04 bits per heavy atom. The Labute approximate surface area is 172 Å². The topological polar surface area (TPSA) is 38.1 Å². The molecule has 0 unspecified atom stereocenters. The van der Waals surface area contributed by atoms with Crippen LogP contribution in [0.5, 0.6) is 0 Å². The number of amides is 1. The number of benzene rings is 1. The van der Waals surface area contributed by atoms with E-state index in [0.717, 1.165) is 10.9 Å². The van der Waals surface area contributed by atoms with Crippen LogP contribution in [0.2, 0.25) is 10.0 Å². The molecule has 1 amide bonds. The molecule has 0 N–H and O–H groups in total. The minimum Gasteiger partial charge on any atom is -0.337 e. The first-order valence-corrected chi connectivity index (χ1v) is 9.57. The van der Waals surface area contributed by atoms with Gasteiger partial charge in [-0.3, -0.25) is 9.36 Å². The van der Waals surface area contributed by atoms with E-state index in [9.17, 15) is 18.0 Å². The highest BCUT2D eigenvalue weighted by molar-refractivity contribution is 6.37. The van der Waals surface area contributed by atoms with Crippen molar-refractivity contribution >= 4 is 29.1 Å². The van der Waals surface area contributed by atoms with Gasteiger partial charge in [0.2, 0.25) is 0 Å². The fourth-order valence-corrected chi connectivity index (χ4v) is 3.52. The van der Waals surface area contributed by atoms with E-state index in [2.05, 4.69) is 4.98 Å². The standard InChI is InChI=1S/C19H22Cl2F3N3O/c1-11(2)8-26(9-12(3)4)18(28)15-17(19(22,23)24)27(10-25-15)16-13(20)6-5-7-14(16)21/h5-7,10-12H,8-9H2,1-4H3. The minimum absolute atomic E-state index is 0.0237. The van der Waals surface area contributed by atoms with Crippen LogP contribution in [0, 0.1) is 11.8 Å². The van der Waals surface area contributed by atoms with Crippen LogP contribution in [0.4, 0.5) is 13.2 Å². The third-order valence-corrected chi connectivity index (χ3v) is 4.49. The maximum atomic E-state index is 13.9. The minimum atomic E-state index is -4.83. The van der Waals surface area contributed by atoms with E-state index in [-0.39, 0.29) is 27.6 Å². The van der Waals surface area contributed by atoms with Gasteiger partial charge in [0, 0.05) is 13.1 Å². The van der Waals surface area contributed by atoms with Gasteiger partial charge < -0.3 is 4.90 Å². The van der Waals surface area contributed by atoms with Gasteiger partial charge in [-0.15, -0.1) is 0 Å². The summed E-state index contributed by atoms with van der Waals surface area (Å²) in [4.78, 5) is 18.2. The number of carbonyl (C=O) groups excluding carboxylic acids is 1. The molecule has 1 aromatic carbocycles. The monoisotopic (exact) mass is 435 g/mol. The highest BCUT2D eigenvalue weighted by atomic mass is 35.5. The van der Waals surface area contributed by atoms with E-state index in [1.54, 1.807) is 0 Å². The van der Waals surface area contributed by atoms with Crippen molar-refractivity contribution in [1.82, 2.24) is 14.5 Å². The molecule has 2 aromatic rings. The fourth-order valence-electron chi connectivity index (χ4n) is 2.94. The van der Waals surface area contributed by atoms with Crippen LogP contribution >= 0.6 is 23.2 Å². The van der Waals surface area contributed by atoms with Crippen molar-refractivity contribution in [2.45, 2.75) is 33.9 Å². The third kappa shape index (κ3) is 5.00. The molecule has 0 spiro atoms. The van der Waals surface area contributed by atoms with Gasteiger partial charge in [0.25, 0.3) is 5.91 Å². The highest BCUT2D eigenvalue weighted by Crippen LogP contribution is 2.37. The molecule has 0 saturated carbocycles. The van der Waals surface area contributed by atoms with Crippen molar-refractivity contribution in [2.24, 2.45) is 11.8 Å². The number of aromatic nitrogens is 2. The zero-order valence-corrected chi connectivity index (χ0v) is 17.5. The van der Waals surface area contributed by atoms with E-state index in [1.807, 2.05) is 27.7 Å². The second kappa shape index (κ2) is 8.74. The number of para-hydroxylation sites is 1. The third-order valence-electron chi connectivity index (χ3n) is 3.88. The number of halogens is 5. The van der Waals surface area contributed by atoms with E-state index in [4.69, 9.17) is 23.2 Å². The predicted molar refractivity (Wildman–Crippen MR) is 104 cm³/mol. The molecular weight excluding hydrogens is 414 g/mol. The smallest absolute Gasteiger partial charge is 0.337 e. The van der Waals surface area contributed by atoms with Crippen LogP contribution in [0.15, 0.2) is 24.5 Å². The quantitative estimate of drug-likeness (QED) is 0.561. The maximum absolute atomic E-state index is 13.9. The first-order chi connectivity index (χ1) is 12.9. The summed E-state index contributed by atoms with van der Waals surface area (Å²) in [6, 6.07) is 4.37. The molecule has 0 aliphatic heterocycles. The van der Waals surface area contributed by atoms with E-state index < -0.39 is 23.5 Å². The number of hydrogen-bond acceptors (Lipinski definition) is 2. The van der Waals surface area contributed by atoms with Gasteiger partial charge in [-0.2, -0.15) is 13.2 Å². The Hall–Kier alpha value is -1.73. The molecule has 0 aliphatic rings. The van der Waals surface area contributed by atoms with Crippen molar-refractivity contribution in [3.8, 4) is 5.69 Å². The van der Waals surface area contributed by atoms with E-state index in [0.29, 0.717) is 13.1 Å². The molecule has 0 bridgehead atoms. The molecule has 1 heterocycles. The molecule has 9 heteroatoms. The van der Waals surface area contributed by atoms with E-state index in [1.165, 1.54) is 23.1 Å². The van der Waals surface area contributed by atoms with Crippen molar-refractivity contribution in [3.63, 3.8) is 0 Å². The molecule has 4 nitrogen and oxygen atoms in total. The number of carbonyl (C=O) groups is 1. The average molecular weight is 436 g/mol. The first-order valence-electron chi connectivity index (χ1n) is 8.81. The Bertz CT molecular complexity index is 817. The van der Waals surface area contributed by atoms with Crippen LogP contribution in [0.1, 0.15) is 43.9 Å². The van der Waals surface area contributed by atoms with Crippen molar-refractivity contribution in [2.75, 3.05) is 13.1 Å². The fraction of sp³-hybridized carbons (Fsp3) is 0.474. The zero-order valence-electron chi connectivity index (χ0n) is 16.0. The summed E-state index contributed by atoms with van der Waals surface area (Å²) in [5.41, 5.74) is -1.92. The second-order valence-corrected chi connectivity index (χ2v) is 8.19. The summed E-state index contributed by atoms with van der Waals surface area (Å²) >= 11 is 12.2. The molecule has 2 rings (SSSR count). The number of rotatable bonds is 6.